The SMILES string of the molecule is COc1cc(C(=O)N(C)c2ccc(C)cc2OCCCCCC(=O)N2CCN(C)CC2)ccc1NC(=O)c1cc(C)ccc1OCCCN.Cl.Cl. The molecule has 1 heterocycles. The van der Waals surface area contributed by atoms with E-state index in [-0.39, 0.29) is 42.5 Å². The maximum Gasteiger partial charge on any atom is 0.259 e. The number of rotatable bonds is 16. The predicted molar refractivity (Wildman–Crippen MR) is 208 cm³/mol. The largest absolute Gasteiger partial charge is 0.495 e. The average molecular weight is 747 g/mol. The van der Waals surface area contributed by atoms with Crippen molar-refractivity contribution in [1.29, 1.82) is 0 Å². The van der Waals surface area contributed by atoms with Crippen LogP contribution in [0.1, 0.15) is 63.9 Å². The fourth-order valence-electron chi connectivity index (χ4n) is 5.60. The van der Waals surface area contributed by atoms with Crippen LogP contribution in [0.2, 0.25) is 0 Å². The number of anilines is 2. The van der Waals surface area contributed by atoms with Crippen LogP contribution in [-0.2, 0) is 4.79 Å². The number of nitrogens with zero attached hydrogens (tertiary/aromatic N) is 3. The van der Waals surface area contributed by atoms with Crippen LogP contribution in [0, 0.1) is 13.8 Å². The van der Waals surface area contributed by atoms with Crippen molar-refractivity contribution in [2.45, 2.75) is 46.0 Å². The highest BCUT2D eigenvalue weighted by atomic mass is 35.5. The molecular formula is C38H53Cl2N5O6. The first-order chi connectivity index (χ1) is 23.6. The number of carbonyl (C=O) groups excluding carboxylic acids is 3. The molecule has 1 saturated heterocycles. The van der Waals surface area contributed by atoms with Crippen molar-refractivity contribution in [3.05, 3.63) is 76.9 Å². The average Bonchev–Trinajstić information content (AvgIpc) is 3.10. The van der Waals surface area contributed by atoms with Crippen molar-refractivity contribution in [2.75, 3.05) is 77.4 Å². The van der Waals surface area contributed by atoms with Gasteiger partial charge in [0.2, 0.25) is 5.91 Å². The minimum atomic E-state index is -0.357. The zero-order chi connectivity index (χ0) is 35.3. The normalized spacial score (nSPS) is 12.6. The smallest absolute Gasteiger partial charge is 0.259 e. The zero-order valence-corrected chi connectivity index (χ0v) is 32.0. The summed E-state index contributed by atoms with van der Waals surface area (Å²) < 4.78 is 17.6. The number of hydrogen-bond donors (Lipinski definition) is 2. The molecule has 0 bridgehead atoms. The van der Waals surface area contributed by atoms with Gasteiger partial charge in [-0.05, 0) is 101 Å². The topological polar surface area (TPSA) is 127 Å². The second-order valence-electron chi connectivity index (χ2n) is 12.5. The summed E-state index contributed by atoms with van der Waals surface area (Å²) in [6.07, 6.45) is 3.73. The van der Waals surface area contributed by atoms with Crippen molar-refractivity contribution in [1.82, 2.24) is 9.80 Å². The van der Waals surface area contributed by atoms with Gasteiger partial charge in [0.15, 0.2) is 0 Å². The number of unbranched alkanes of at least 4 members (excludes halogenated alkanes) is 2. The number of amides is 3. The zero-order valence-electron chi connectivity index (χ0n) is 30.4. The van der Waals surface area contributed by atoms with E-state index in [1.54, 1.807) is 42.3 Å². The fraction of sp³-hybridized carbons (Fsp3) is 0.447. The molecule has 3 N–H and O–H groups in total. The lowest BCUT2D eigenvalue weighted by Crippen LogP contribution is -2.47. The predicted octanol–water partition coefficient (Wildman–Crippen LogP) is 6.13. The first-order valence-corrected chi connectivity index (χ1v) is 17.0. The van der Waals surface area contributed by atoms with Crippen LogP contribution in [0.3, 0.4) is 0 Å². The quantitative estimate of drug-likeness (QED) is 0.168. The number of hydrogen-bond acceptors (Lipinski definition) is 8. The van der Waals surface area contributed by atoms with E-state index in [9.17, 15) is 14.4 Å². The molecule has 1 aliphatic heterocycles. The molecule has 3 aromatic rings. The van der Waals surface area contributed by atoms with E-state index in [1.165, 1.54) is 7.11 Å². The van der Waals surface area contributed by atoms with Gasteiger partial charge in [-0.15, -0.1) is 24.8 Å². The number of nitrogens with two attached hydrogens (primary N) is 1. The van der Waals surface area contributed by atoms with E-state index >= 15 is 0 Å². The number of benzene rings is 3. The summed E-state index contributed by atoms with van der Waals surface area (Å²) in [7, 11) is 5.28. The maximum absolute atomic E-state index is 13.7. The summed E-state index contributed by atoms with van der Waals surface area (Å²) in [5.74, 6) is 1.04. The van der Waals surface area contributed by atoms with Crippen LogP contribution < -0.4 is 30.2 Å². The van der Waals surface area contributed by atoms with E-state index < -0.39 is 0 Å². The minimum absolute atomic E-state index is 0. The highest BCUT2D eigenvalue weighted by Gasteiger charge is 2.22. The second kappa shape index (κ2) is 21.4. The van der Waals surface area contributed by atoms with E-state index in [0.717, 1.165) is 56.6 Å². The lowest BCUT2D eigenvalue weighted by Gasteiger charge is -2.32. The Balaban J connectivity index is 0.00000451. The Morgan fingerprint density at radius 1 is 0.804 bits per heavy atom. The first-order valence-electron chi connectivity index (χ1n) is 17.0. The van der Waals surface area contributed by atoms with E-state index in [0.29, 0.717) is 72.4 Å². The van der Waals surface area contributed by atoms with Crippen LogP contribution in [0.25, 0.3) is 0 Å². The van der Waals surface area contributed by atoms with E-state index in [2.05, 4.69) is 17.3 Å². The van der Waals surface area contributed by atoms with Crippen molar-refractivity contribution in [3.63, 3.8) is 0 Å². The second-order valence-corrected chi connectivity index (χ2v) is 12.5. The minimum Gasteiger partial charge on any atom is -0.495 e. The third-order valence-electron chi connectivity index (χ3n) is 8.61. The van der Waals surface area contributed by atoms with Crippen LogP contribution in [-0.4, -0.2) is 94.7 Å². The van der Waals surface area contributed by atoms with Gasteiger partial charge >= 0.3 is 0 Å². The van der Waals surface area contributed by atoms with Crippen LogP contribution in [0.15, 0.2) is 54.6 Å². The first kappa shape index (κ1) is 43.1. The van der Waals surface area contributed by atoms with Crippen molar-refractivity contribution >= 4 is 53.9 Å². The van der Waals surface area contributed by atoms with Gasteiger partial charge in [0.25, 0.3) is 11.8 Å². The molecule has 0 spiro atoms. The standard InChI is InChI=1S/C38H51N5O6.2ClH/c1-27-12-16-33(48-23-9-17-39)30(24-27)37(45)40-31-14-13-29(26-34(31)47-5)38(46)42(4)32-15-11-28(2)25-35(32)49-22-8-6-7-10-36(44)43-20-18-41(3)19-21-43;;/h11-16,24-26H,6-10,17-23,39H2,1-5H3,(H,40,45);2*1H. The van der Waals surface area contributed by atoms with Gasteiger partial charge in [0.1, 0.15) is 17.2 Å². The van der Waals surface area contributed by atoms with E-state index in [4.69, 9.17) is 19.9 Å². The number of ether oxygens (including phenoxy) is 3. The lowest BCUT2D eigenvalue weighted by molar-refractivity contribution is -0.132. The summed E-state index contributed by atoms with van der Waals surface area (Å²) in [6.45, 7) is 8.71. The molecule has 13 heteroatoms. The van der Waals surface area contributed by atoms with Crippen molar-refractivity contribution in [3.8, 4) is 17.2 Å². The summed E-state index contributed by atoms with van der Waals surface area (Å²) in [4.78, 5) is 45.3. The molecule has 3 amide bonds. The van der Waals surface area contributed by atoms with Gasteiger partial charge in [-0.3, -0.25) is 14.4 Å². The summed E-state index contributed by atoms with van der Waals surface area (Å²) in [6, 6.07) is 16.1. The lowest BCUT2D eigenvalue weighted by atomic mass is 10.1. The number of halogens is 2. The van der Waals surface area contributed by atoms with Gasteiger partial charge < -0.3 is 40.0 Å². The Morgan fingerprint density at radius 3 is 2.18 bits per heavy atom. The van der Waals surface area contributed by atoms with Gasteiger partial charge in [-0.25, -0.2) is 0 Å². The van der Waals surface area contributed by atoms with Crippen LogP contribution in [0.4, 0.5) is 11.4 Å². The maximum atomic E-state index is 13.7. The Kier molecular flexibility index (Phi) is 18.1. The molecular weight excluding hydrogens is 693 g/mol. The molecule has 0 aliphatic carbocycles. The highest BCUT2D eigenvalue weighted by molar-refractivity contribution is 6.09. The third-order valence-corrected chi connectivity index (χ3v) is 8.61. The molecule has 0 saturated carbocycles. The van der Waals surface area contributed by atoms with E-state index in [1.807, 2.05) is 43.0 Å². The number of likely N-dealkylation sites (N-methyl/N-ethyl adjacent to an activating group) is 1. The molecule has 4 rings (SSSR count). The van der Waals surface area contributed by atoms with Crippen molar-refractivity contribution < 1.29 is 28.6 Å². The fourth-order valence-corrected chi connectivity index (χ4v) is 5.60. The Labute approximate surface area is 314 Å². The van der Waals surface area contributed by atoms with Gasteiger partial charge in [0, 0.05) is 45.2 Å². The van der Waals surface area contributed by atoms with Gasteiger partial charge in [-0.1, -0.05) is 17.7 Å². The third kappa shape index (κ3) is 12.3. The molecule has 0 unspecified atom stereocenters. The van der Waals surface area contributed by atoms with Crippen LogP contribution in [0.5, 0.6) is 17.2 Å². The Morgan fingerprint density at radius 2 is 1.47 bits per heavy atom. The monoisotopic (exact) mass is 745 g/mol. The number of aryl methyl sites for hydroxylation is 2. The summed E-state index contributed by atoms with van der Waals surface area (Å²) in [5, 5.41) is 2.90. The molecule has 3 aromatic carbocycles. The molecule has 0 aromatic heterocycles. The van der Waals surface area contributed by atoms with Gasteiger partial charge in [-0.2, -0.15) is 0 Å². The van der Waals surface area contributed by atoms with Gasteiger partial charge in [0.05, 0.1) is 37.3 Å². The summed E-state index contributed by atoms with van der Waals surface area (Å²) >= 11 is 0. The molecule has 51 heavy (non-hydrogen) atoms. The van der Waals surface area contributed by atoms with Crippen LogP contribution >= 0.6 is 24.8 Å². The molecule has 11 nitrogen and oxygen atoms in total. The molecule has 0 radical (unpaired) electrons. The summed E-state index contributed by atoms with van der Waals surface area (Å²) in [5.41, 5.74) is 9.36. The number of piperazine rings is 1. The Bertz CT molecular complexity index is 1600. The van der Waals surface area contributed by atoms with Crippen molar-refractivity contribution in [2.24, 2.45) is 5.73 Å². The Hall–Kier alpha value is -4.03. The number of carbonyl (C=O) groups is 3. The molecule has 1 aliphatic rings. The molecule has 280 valence electrons. The molecule has 0 atom stereocenters. The number of methoxy groups -OCH3 is 1. The number of nitrogens with one attached hydrogen (secondary N) is 1. The highest BCUT2D eigenvalue weighted by Crippen LogP contribution is 2.32. The molecule has 1 fully saturated rings.